The van der Waals surface area contributed by atoms with Gasteiger partial charge in [0.2, 0.25) is 5.91 Å². The number of hydrogen-bond donors (Lipinski definition) is 4. The molecule has 0 aromatic heterocycles. The second kappa shape index (κ2) is 40.4. The van der Waals surface area contributed by atoms with E-state index in [1.165, 1.54) is 25.7 Å². The second-order valence-electron chi connectivity index (χ2n) is 14.1. The number of aliphatic hydroxyl groups is 1. The Balaban J connectivity index is 3.97. The third-order valence-corrected chi connectivity index (χ3v) is 9.62. The number of aliphatic carboxylic acids is 1. The molecule has 0 aliphatic carbocycles. The SMILES string of the molecule is CC/C=C\C/C=C\C/C=C\CCCCCC(=O)NC(COP(=O)(O)OCC(O)COC(=O)CCCCCCC/C=C\C/C=C\C/C=C\C/C=C\CCCCC)C(=O)O. The van der Waals surface area contributed by atoms with Crippen molar-refractivity contribution in [3.63, 3.8) is 0 Å². The summed E-state index contributed by atoms with van der Waals surface area (Å²) in [6.45, 7) is 2.38. The van der Waals surface area contributed by atoms with E-state index in [0.29, 0.717) is 12.8 Å². The number of esters is 1. The van der Waals surface area contributed by atoms with E-state index in [9.17, 15) is 34.1 Å². The Bertz CT molecular complexity index is 1300. The molecule has 0 heterocycles. The van der Waals surface area contributed by atoms with Crippen LogP contribution in [-0.2, 0) is 32.7 Å². The summed E-state index contributed by atoms with van der Waals surface area (Å²) in [5, 5.41) is 21.8. The molecule has 0 radical (unpaired) electrons. The molecule has 0 saturated carbocycles. The quantitative estimate of drug-likeness (QED) is 0.0202. The van der Waals surface area contributed by atoms with Gasteiger partial charge in [0.1, 0.15) is 12.7 Å². The standard InChI is InChI=1S/C46H76NO10P/c1-3-5-7-9-11-13-15-17-18-19-20-21-22-23-24-26-28-30-32-34-36-38-45(50)55-39-42(48)40-56-58(53,54)57-41-43(46(51)52)47-44(49)37-35-33-31-29-27-25-16-14-12-10-8-6-4-2/h6,8,11-14,17-18,20-21,23-25,27,42-43,48H,3-5,7,9-10,15-16,19,22,26,28-41H2,1-2H3,(H,47,49)(H,51,52)(H,53,54)/b8-6-,13-11-,14-12-,18-17-,21-20-,24-23-,27-25-. The maximum Gasteiger partial charge on any atom is 0.472 e. The van der Waals surface area contributed by atoms with E-state index in [2.05, 4.69) is 104 Å². The first-order chi connectivity index (χ1) is 28.1. The number of nitrogens with one attached hydrogen (secondary N) is 1. The van der Waals surface area contributed by atoms with Gasteiger partial charge in [-0.3, -0.25) is 18.6 Å². The summed E-state index contributed by atoms with van der Waals surface area (Å²) in [5.74, 6) is -2.45. The van der Waals surface area contributed by atoms with Crippen LogP contribution in [0.5, 0.6) is 0 Å². The molecular weight excluding hydrogens is 757 g/mol. The normalized spacial score (nSPS) is 14.6. The number of phosphoric acid groups is 1. The van der Waals surface area contributed by atoms with Gasteiger partial charge in [0.15, 0.2) is 6.04 Å². The van der Waals surface area contributed by atoms with Crippen molar-refractivity contribution in [2.45, 2.75) is 167 Å². The van der Waals surface area contributed by atoms with Gasteiger partial charge in [-0.2, -0.15) is 0 Å². The zero-order valence-electron chi connectivity index (χ0n) is 35.6. The minimum absolute atomic E-state index is 0.104. The fourth-order valence-electron chi connectivity index (χ4n) is 5.31. The Morgan fingerprint density at radius 2 is 1.00 bits per heavy atom. The van der Waals surface area contributed by atoms with Gasteiger partial charge >= 0.3 is 19.8 Å². The zero-order chi connectivity index (χ0) is 42.8. The van der Waals surface area contributed by atoms with E-state index in [0.717, 1.165) is 89.9 Å². The Kier molecular flexibility index (Phi) is 38.1. The van der Waals surface area contributed by atoms with Crippen molar-refractivity contribution in [2.75, 3.05) is 19.8 Å². The summed E-state index contributed by atoms with van der Waals surface area (Å²) in [5.41, 5.74) is 0. The van der Waals surface area contributed by atoms with Crippen molar-refractivity contribution in [1.29, 1.82) is 0 Å². The van der Waals surface area contributed by atoms with E-state index < -0.39 is 57.6 Å². The van der Waals surface area contributed by atoms with Crippen LogP contribution in [-0.4, -0.2) is 64.9 Å². The number of rotatable bonds is 39. The number of aliphatic hydroxyl groups excluding tert-OH is 1. The summed E-state index contributed by atoms with van der Waals surface area (Å²) in [6.07, 6.45) is 49.0. The van der Waals surface area contributed by atoms with E-state index in [1.807, 2.05) is 0 Å². The van der Waals surface area contributed by atoms with Crippen LogP contribution in [0.2, 0.25) is 0 Å². The highest BCUT2D eigenvalue weighted by molar-refractivity contribution is 7.47. The molecule has 330 valence electrons. The fraction of sp³-hybridized carbons (Fsp3) is 0.630. The molecule has 1 amide bonds. The molecule has 0 aliphatic rings. The first-order valence-electron chi connectivity index (χ1n) is 21.6. The lowest BCUT2D eigenvalue weighted by molar-refractivity contribution is -0.147. The van der Waals surface area contributed by atoms with Crippen LogP contribution >= 0.6 is 7.82 Å². The molecule has 12 heteroatoms. The lowest BCUT2D eigenvalue weighted by Gasteiger charge is -2.18. The van der Waals surface area contributed by atoms with Crippen molar-refractivity contribution < 1.29 is 47.8 Å². The number of allylic oxidation sites excluding steroid dienone is 14. The van der Waals surface area contributed by atoms with Crippen LogP contribution in [0.15, 0.2) is 85.1 Å². The first kappa shape index (κ1) is 54.7. The second-order valence-corrected chi connectivity index (χ2v) is 15.6. The molecular formula is C46H76NO10P. The van der Waals surface area contributed by atoms with Crippen molar-refractivity contribution >= 4 is 25.7 Å². The number of unbranched alkanes of at least 4 members (excludes halogenated alkanes) is 11. The number of amides is 1. The number of carboxylic acid groups (broad SMARTS) is 1. The van der Waals surface area contributed by atoms with E-state index >= 15 is 0 Å². The summed E-state index contributed by atoms with van der Waals surface area (Å²) in [4.78, 5) is 45.8. The molecule has 0 aromatic carbocycles. The van der Waals surface area contributed by atoms with Gasteiger partial charge in [-0.1, -0.05) is 137 Å². The van der Waals surface area contributed by atoms with Gasteiger partial charge in [0.05, 0.1) is 13.2 Å². The lowest BCUT2D eigenvalue weighted by atomic mass is 10.1. The van der Waals surface area contributed by atoms with Gasteiger partial charge in [-0.15, -0.1) is 0 Å². The highest BCUT2D eigenvalue weighted by Gasteiger charge is 2.28. The van der Waals surface area contributed by atoms with Gasteiger partial charge in [-0.25, -0.2) is 9.36 Å². The maximum absolute atomic E-state index is 12.3. The molecule has 0 aromatic rings. The van der Waals surface area contributed by atoms with E-state index in [4.69, 9.17) is 13.8 Å². The Morgan fingerprint density at radius 1 is 0.569 bits per heavy atom. The topological polar surface area (TPSA) is 169 Å². The van der Waals surface area contributed by atoms with Crippen LogP contribution in [0.3, 0.4) is 0 Å². The third kappa shape index (κ3) is 39.5. The van der Waals surface area contributed by atoms with Crippen LogP contribution in [0, 0.1) is 0 Å². The molecule has 3 unspecified atom stereocenters. The van der Waals surface area contributed by atoms with Crippen molar-refractivity contribution in [2.24, 2.45) is 0 Å². The van der Waals surface area contributed by atoms with Crippen molar-refractivity contribution in [3.8, 4) is 0 Å². The fourth-order valence-corrected chi connectivity index (χ4v) is 6.08. The molecule has 11 nitrogen and oxygen atoms in total. The highest BCUT2D eigenvalue weighted by atomic mass is 31.2. The average Bonchev–Trinajstić information content (AvgIpc) is 3.20. The smallest absolute Gasteiger partial charge is 0.472 e. The molecule has 0 saturated heterocycles. The number of hydrogen-bond acceptors (Lipinski definition) is 8. The molecule has 0 spiro atoms. The summed E-state index contributed by atoms with van der Waals surface area (Å²) < 4.78 is 26.8. The number of carboxylic acids is 1. The predicted molar refractivity (Wildman–Crippen MR) is 235 cm³/mol. The molecule has 0 aliphatic heterocycles. The Labute approximate surface area is 350 Å². The average molecular weight is 834 g/mol. The van der Waals surface area contributed by atoms with Crippen LogP contribution in [0.4, 0.5) is 0 Å². The van der Waals surface area contributed by atoms with Gasteiger partial charge in [0, 0.05) is 12.8 Å². The molecule has 58 heavy (non-hydrogen) atoms. The maximum atomic E-state index is 12.3. The monoisotopic (exact) mass is 834 g/mol. The van der Waals surface area contributed by atoms with E-state index in [-0.39, 0.29) is 12.8 Å². The number of ether oxygens (including phenoxy) is 1. The Morgan fingerprint density at radius 3 is 1.52 bits per heavy atom. The van der Waals surface area contributed by atoms with Gasteiger partial charge < -0.3 is 25.2 Å². The summed E-state index contributed by atoms with van der Waals surface area (Å²) in [7, 11) is -4.77. The number of phosphoric ester groups is 1. The number of carbonyl (C=O) groups is 3. The van der Waals surface area contributed by atoms with E-state index in [1.54, 1.807) is 0 Å². The zero-order valence-corrected chi connectivity index (χ0v) is 36.5. The highest BCUT2D eigenvalue weighted by Crippen LogP contribution is 2.43. The molecule has 0 bridgehead atoms. The van der Waals surface area contributed by atoms with Crippen LogP contribution < -0.4 is 5.32 Å². The molecule has 4 N–H and O–H groups in total. The molecule has 0 fully saturated rings. The summed E-state index contributed by atoms with van der Waals surface area (Å²) in [6, 6.07) is -1.57. The molecule has 3 atom stereocenters. The molecule has 0 rings (SSSR count). The van der Waals surface area contributed by atoms with Gasteiger partial charge in [-0.05, 0) is 89.9 Å². The lowest BCUT2D eigenvalue weighted by Crippen LogP contribution is -2.43. The summed E-state index contributed by atoms with van der Waals surface area (Å²) >= 11 is 0. The minimum Gasteiger partial charge on any atom is -0.480 e. The van der Waals surface area contributed by atoms with Crippen molar-refractivity contribution in [3.05, 3.63) is 85.1 Å². The first-order valence-corrected chi connectivity index (χ1v) is 23.1. The van der Waals surface area contributed by atoms with Crippen molar-refractivity contribution in [1.82, 2.24) is 5.32 Å². The Hall–Kier alpha value is -3.34. The van der Waals surface area contributed by atoms with Crippen LogP contribution in [0.25, 0.3) is 0 Å². The van der Waals surface area contributed by atoms with Gasteiger partial charge in [0.25, 0.3) is 0 Å². The predicted octanol–water partition coefficient (Wildman–Crippen LogP) is 11.1. The third-order valence-electron chi connectivity index (χ3n) is 8.67. The largest absolute Gasteiger partial charge is 0.480 e. The minimum atomic E-state index is -4.77. The van der Waals surface area contributed by atoms with Crippen LogP contribution in [0.1, 0.15) is 155 Å². The number of carbonyl (C=O) groups excluding carboxylic acids is 2.